The Labute approximate surface area is 176 Å². The second kappa shape index (κ2) is 9.48. The van der Waals surface area contributed by atoms with Crippen LogP contribution in [0.15, 0.2) is 60.3 Å². The van der Waals surface area contributed by atoms with Crippen molar-refractivity contribution in [1.29, 1.82) is 0 Å². The molecule has 1 fully saturated rings. The lowest BCUT2D eigenvalue weighted by Crippen LogP contribution is -2.42. The minimum Gasteiger partial charge on any atom is -0.491 e. The highest BCUT2D eigenvalue weighted by molar-refractivity contribution is 6.15. The number of rotatable bonds is 8. The van der Waals surface area contributed by atoms with Gasteiger partial charge in [0.15, 0.2) is 5.57 Å². The standard InChI is InChI=1S/C24H27NO5/c1-4-5-9-14-28-21-13-12-18(17-10-7-6-8-11-17)15-20(21)25-16-19-22(26)29-24(2,3)30-23(19)27/h6-8,10-13,15-16,25H,4-5,9,14H2,1-3H3. The maximum absolute atomic E-state index is 12.2. The fourth-order valence-corrected chi connectivity index (χ4v) is 3.04. The van der Waals surface area contributed by atoms with E-state index < -0.39 is 17.7 Å². The number of cyclic esters (lactones) is 2. The van der Waals surface area contributed by atoms with Gasteiger partial charge >= 0.3 is 11.9 Å². The molecule has 1 aliphatic rings. The summed E-state index contributed by atoms with van der Waals surface area (Å²) in [5.74, 6) is -2.09. The molecular weight excluding hydrogens is 382 g/mol. The lowest BCUT2D eigenvalue weighted by Gasteiger charge is -2.29. The van der Waals surface area contributed by atoms with E-state index in [9.17, 15) is 9.59 Å². The molecule has 0 amide bonds. The van der Waals surface area contributed by atoms with Crippen LogP contribution < -0.4 is 10.1 Å². The predicted molar refractivity (Wildman–Crippen MR) is 115 cm³/mol. The lowest BCUT2D eigenvalue weighted by atomic mass is 10.0. The van der Waals surface area contributed by atoms with Gasteiger partial charge in [-0.15, -0.1) is 0 Å². The molecule has 158 valence electrons. The van der Waals surface area contributed by atoms with E-state index >= 15 is 0 Å². The Morgan fingerprint density at radius 2 is 1.67 bits per heavy atom. The van der Waals surface area contributed by atoms with E-state index in [0.29, 0.717) is 18.0 Å². The van der Waals surface area contributed by atoms with E-state index in [2.05, 4.69) is 12.2 Å². The van der Waals surface area contributed by atoms with E-state index in [0.717, 1.165) is 30.4 Å². The summed E-state index contributed by atoms with van der Waals surface area (Å²) in [5, 5.41) is 3.03. The van der Waals surface area contributed by atoms with Gasteiger partial charge in [0.25, 0.3) is 5.79 Å². The summed E-state index contributed by atoms with van der Waals surface area (Å²) in [6.07, 6.45) is 4.45. The van der Waals surface area contributed by atoms with Crippen molar-refractivity contribution in [1.82, 2.24) is 0 Å². The summed E-state index contributed by atoms with van der Waals surface area (Å²) in [5.41, 5.74) is 2.47. The zero-order valence-electron chi connectivity index (χ0n) is 17.6. The summed E-state index contributed by atoms with van der Waals surface area (Å²) in [7, 11) is 0. The van der Waals surface area contributed by atoms with Gasteiger partial charge in [0.05, 0.1) is 12.3 Å². The maximum Gasteiger partial charge on any atom is 0.350 e. The third-order valence-electron chi connectivity index (χ3n) is 4.58. The van der Waals surface area contributed by atoms with Crippen molar-refractivity contribution in [3.05, 3.63) is 60.3 Å². The van der Waals surface area contributed by atoms with Crippen LogP contribution in [0, 0.1) is 0 Å². The van der Waals surface area contributed by atoms with E-state index in [4.69, 9.17) is 14.2 Å². The molecule has 1 N–H and O–H groups in total. The smallest absolute Gasteiger partial charge is 0.350 e. The first-order chi connectivity index (χ1) is 14.4. The number of nitrogens with one attached hydrogen (secondary N) is 1. The van der Waals surface area contributed by atoms with Gasteiger partial charge in [-0.25, -0.2) is 9.59 Å². The third kappa shape index (κ3) is 5.41. The van der Waals surface area contributed by atoms with Gasteiger partial charge in [0, 0.05) is 20.0 Å². The molecule has 6 heteroatoms. The van der Waals surface area contributed by atoms with Crippen molar-refractivity contribution >= 4 is 17.6 Å². The minimum atomic E-state index is -1.27. The summed E-state index contributed by atoms with van der Waals surface area (Å²) < 4.78 is 16.2. The fraction of sp³-hybridized carbons (Fsp3) is 0.333. The van der Waals surface area contributed by atoms with E-state index in [1.807, 2.05) is 48.5 Å². The second-order valence-electron chi connectivity index (χ2n) is 7.51. The number of anilines is 1. The predicted octanol–water partition coefficient (Wildman–Crippen LogP) is 5.05. The molecule has 0 aromatic heterocycles. The highest BCUT2D eigenvalue weighted by atomic mass is 16.7. The number of hydrogen-bond donors (Lipinski definition) is 1. The zero-order chi connectivity index (χ0) is 21.6. The SMILES string of the molecule is CCCCCOc1ccc(-c2ccccc2)cc1NC=C1C(=O)OC(C)(C)OC1=O. The van der Waals surface area contributed by atoms with Crippen LogP contribution in [0.25, 0.3) is 11.1 Å². The molecule has 3 rings (SSSR count). The van der Waals surface area contributed by atoms with Crippen LogP contribution in [0.1, 0.15) is 40.0 Å². The Morgan fingerprint density at radius 1 is 0.967 bits per heavy atom. The lowest BCUT2D eigenvalue weighted by molar-refractivity contribution is -0.222. The molecule has 0 radical (unpaired) electrons. The van der Waals surface area contributed by atoms with Gasteiger partial charge in [0.2, 0.25) is 0 Å². The summed E-state index contributed by atoms with van der Waals surface area (Å²) in [4.78, 5) is 24.4. The number of esters is 2. The van der Waals surface area contributed by atoms with E-state index in [1.54, 1.807) is 0 Å². The van der Waals surface area contributed by atoms with Crippen LogP contribution in [-0.4, -0.2) is 24.3 Å². The number of benzene rings is 2. The first-order valence-electron chi connectivity index (χ1n) is 10.2. The van der Waals surface area contributed by atoms with Gasteiger partial charge in [-0.1, -0.05) is 56.2 Å². The van der Waals surface area contributed by atoms with Crippen molar-refractivity contribution in [3.8, 4) is 16.9 Å². The second-order valence-corrected chi connectivity index (χ2v) is 7.51. The molecule has 6 nitrogen and oxygen atoms in total. The summed E-state index contributed by atoms with van der Waals surface area (Å²) >= 11 is 0. The minimum absolute atomic E-state index is 0.198. The third-order valence-corrected chi connectivity index (χ3v) is 4.58. The van der Waals surface area contributed by atoms with Crippen molar-refractivity contribution < 1.29 is 23.8 Å². The van der Waals surface area contributed by atoms with Gasteiger partial charge in [-0.2, -0.15) is 0 Å². The molecule has 1 heterocycles. The molecule has 0 atom stereocenters. The average Bonchev–Trinajstić information content (AvgIpc) is 2.71. The number of carbonyl (C=O) groups excluding carboxylic acids is 2. The topological polar surface area (TPSA) is 73.9 Å². The molecule has 0 bridgehead atoms. The Balaban J connectivity index is 1.86. The Hall–Kier alpha value is -3.28. The highest BCUT2D eigenvalue weighted by Crippen LogP contribution is 2.32. The molecule has 30 heavy (non-hydrogen) atoms. The molecule has 0 spiro atoms. The summed E-state index contributed by atoms with van der Waals surface area (Å²) in [6.45, 7) is 5.75. The fourth-order valence-electron chi connectivity index (χ4n) is 3.04. The molecule has 1 aliphatic heterocycles. The molecule has 0 saturated carbocycles. The van der Waals surface area contributed by atoms with Gasteiger partial charge in [-0.05, 0) is 29.7 Å². The van der Waals surface area contributed by atoms with Gasteiger partial charge in [-0.3, -0.25) is 0 Å². The van der Waals surface area contributed by atoms with E-state index in [1.165, 1.54) is 20.0 Å². The van der Waals surface area contributed by atoms with Crippen molar-refractivity contribution in [3.63, 3.8) is 0 Å². The first kappa shape index (κ1) is 21.4. The van der Waals surface area contributed by atoms with Crippen LogP contribution in [0.4, 0.5) is 5.69 Å². The van der Waals surface area contributed by atoms with Gasteiger partial charge in [0.1, 0.15) is 5.75 Å². The van der Waals surface area contributed by atoms with Crippen molar-refractivity contribution in [2.75, 3.05) is 11.9 Å². The largest absolute Gasteiger partial charge is 0.491 e. The van der Waals surface area contributed by atoms with Crippen LogP contribution in [0.2, 0.25) is 0 Å². The molecule has 2 aromatic carbocycles. The Bertz CT molecular complexity index is 912. The monoisotopic (exact) mass is 409 g/mol. The number of hydrogen-bond acceptors (Lipinski definition) is 6. The molecule has 1 saturated heterocycles. The average molecular weight is 409 g/mol. The van der Waals surface area contributed by atoms with Crippen LogP contribution in [-0.2, 0) is 19.1 Å². The highest BCUT2D eigenvalue weighted by Gasteiger charge is 2.39. The van der Waals surface area contributed by atoms with Crippen molar-refractivity contribution in [2.45, 2.75) is 45.8 Å². The van der Waals surface area contributed by atoms with Crippen molar-refractivity contribution in [2.24, 2.45) is 0 Å². The Kier molecular flexibility index (Phi) is 6.77. The van der Waals surface area contributed by atoms with Crippen LogP contribution in [0.5, 0.6) is 5.75 Å². The van der Waals surface area contributed by atoms with Crippen LogP contribution in [0.3, 0.4) is 0 Å². The molecular formula is C24H27NO5. The van der Waals surface area contributed by atoms with Crippen LogP contribution >= 0.6 is 0 Å². The number of carbonyl (C=O) groups is 2. The van der Waals surface area contributed by atoms with Gasteiger partial charge < -0.3 is 19.5 Å². The maximum atomic E-state index is 12.2. The quantitative estimate of drug-likeness (QED) is 0.284. The summed E-state index contributed by atoms with van der Waals surface area (Å²) in [6, 6.07) is 15.7. The molecule has 0 aliphatic carbocycles. The normalized spacial score (nSPS) is 15.2. The molecule has 2 aromatic rings. The Morgan fingerprint density at radius 3 is 2.33 bits per heavy atom. The first-order valence-corrected chi connectivity index (χ1v) is 10.2. The molecule has 0 unspecified atom stereocenters. The number of ether oxygens (including phenoxy) is 3. The van der Waals surface area contributed by atoms with E-state index in [-0.39, 0.29) is 5.57 Å². The zero-order valence-corrected chi connectivity index (χ0v) is 17.6. The number of unbranched alkanes of at least 4 members (excludes halogenated alkanes) is 2.